The molecule has 0 saturated heterocycles. The third kappa shape index (κ3) is 5.53. The van der Waals surface area contributed by atoms with E-state index in [0.29, 0.717) is 41.6 Å². The summed E-state index contributed by atoms with van der Waals surface area (Å²) in [6.07, 6.45) is 1.30. The van der Waals surface area contributed by atoms with Gasteiger partial charge in [0.05, 0.1) is 18.1 Å². The molecule has 1 atom stereocenters. The smallest absolute Gasteiger partial charge is 0.230 e. The third-order valence-corrected chi connectivity index (χ3v) is 3.21. The number of para-hydroxylation sites is 1. The van der Waals surface area contributed by atoms with Crippen molar-refractivity contribution in [2.24, 2.45) is 0 Å². The number of benzene rings is 1. The van der Waals surface area contributed by atoms with E-state index in [2.05, 4.69) is 22.4 Å². The molecule has 1 unspecified atom stereocenters. The number of nitrogens with zero attached hydrogens (tertiary/aromatic N) is 2. The van der Waals surface area contributed by atoms with E-state index in [9.17, 15) is 0 Å². The first kappa shape index (κ1) is 17.8. The second-order valence-electron chi connectivity index (χ2n) is 4.53. The molecule has 1 aromatic carbocycles. The number of aromatic nitrogens is 2. The maximum absolute atomic E-state index is 6.00. The number of nitrogens with one attached hydrogen (secondary N) is 1. The van der Waals surface area contributed by atoms with Gasteiger partial charge in [0.1, 0.15) is 5.75 Å². The standard InChI is InChI=1S/C14H18ClN3O2.ClH/c1-10(16-2)9-13-17-14(20-18-13)7-8-19-12-6-4-3-5-11(12)15;/h3-6,10,16H,7-9H2,1-2H3;1H. The lowest BCUT2D eigenvalue weighted by atomic mass is 10.2. The lowest BCUT2D eigenvalue weighted by Gasteiger charge is -2.05. The summed E-state index contributed by atoms with van der Waals surface area (Å²) in [4.78, 5) is 4.32. The minimum Gasteiger partial charge on any atom is -0.491 e. The molecule has 0 saturated carbocycles. The van der Waals surface area contributed by atoms with Gasteiger partial charge in [0.2, 0.25) is 5.89 Å². The molecule has 5 nitrogen and oxygen atoms in total. The Labute approximate surface area is 135 Å². The van der Waals surface area contributed by atoms with Crippen molar-refractivity contribution in [3.05, 3.63) is 41.0 Å². The SMILES string of the molecule is CNC(C)Cc1noc(CCOc2ccccc2Cl)n1.Cl. The summed E-state index contributed by atoms with van der Waals surface area (Å²) in [5, 5.41) is 7.67. The van der Waals surface area contributed by atoms with Gasteiger partial charge in [-0.2, -0.15) is 4.98 Å². The first-order valence-electron chi connectivity index (χ1n) is 6.55. The highest BCUT2D eigenvalue weighted by atomic mass is 35.5. The summed E-state index contributed by atoms with van der Waals surface area (Å²) in [5.41, 5.74) is 0. The van der Waals surface area contributed by atoms with Gasteiger partial charge in [0, 0.05) is 12.5 Å². The lowest BCUT2D eigenvalue weighted by Crippen LogP contribution is -2.24. The van der Waals surface area contributed by atoms with Gasteiger partial charge >= 0.3 is 0 Å². The predicted molar refractivity (Wildman–Crippen MR) is 84.4 cm³/mol. The van der Waals surface area contributed by atoms with Crippen LogP contribution in [-0.4, -0.2) is 29.8 Å². The summed E-state index contributed by atoms with van der Waals surface area (Å²) in [5.74, 6) is 1.95. The van der Waals surface area contributed by atoms with E-state index in [0.717, 1.165) is 6.42 Å². The second-order valence-corrected chi connectivity index (χ2v) is 4.93. The van der Waals surface area contributed by atoms with Crippen LogP contribution in [-0.2, 0) is 12.8 Å². The molecule has 0 fully saturated rings. The first-order chi connectivity index (χ1) is 9.69. The molecule has 1 aromatic heterocycles. The maximum atomic E-state index is 6.00. The highest BCUT2D eigenvalue weighted by Crippen LogP contribution is 2.23. The molecule has 0 bridgehead atoms. The molecule has 0 aliphatic heterocycles. The molecule has 2 aromatic rings. The van der Waals surface area contributed by atoms with E-state index in [1.807, 2.05) is 25.2 Å². The Kier molecular flexibility index (Phi) is 7.50. The van der Waals surface area contributed by atoms with Crippen molar-refractivity contribution < 1.29 is 9.26 Å². The van der Waals surface area contributed by atoms with Crippen molar-refractivity contribution in [1.82, 2.24) is 15.5 Å². The van der Waals surface area contributed by atoms with Gasteiger partial charge < -0.3 is 14.6 Å². The largest absolute Gasteiger partial charge is 0.491 e. The lowest BCUT2D eigenvalue weighted by molar-refractivity contribution is 0.292. The number of hydrogen-bond donors (Lipinski definition) is 1. The Morgan fingerprint density at radius 1 is 1.38 bits per heavy atom. The van der Waals surface area contributed by atoms with Crippen LogP contribution in [0.3, 0.4) is 0 Å². The molecule has 7 heteroatoms. The minimum absolute atomic E-state index is 0. The zero-order chi connectivity index (χ0) is 14.4. The van der Waals surface area contributed by atoms with Gasteiger partial charge in [-0.05, 0) is 26.1 Å². The van der Waals surface area contributed by atoms with Crippen LogP contribution in [0.1, 0.15) is 18.6 Å². The van der Waals surface area contributed by atoms with Crippen molar-refractivity contribution in [2.45, 2.75) is 25.8 Å². The fraction of sp³-hybridized carbons (Fsp3) is 0.429. The molecule has 0 spiro atoms. The second kappa shape index (κ2) is 8.87. The topological polar surface area (TPSA) is 60.2 Å². The molecule has 1 N–H and O–H groups in total. The number of rotatable bonds is 7. The Balaban J connectivity index is 0.00000220. The number of halogens is 2. The van der Waals surface area contributed by atoms with Crippen LogP contribution in [0.2, 0.25) is 5.02 Å². The third-order valence-electron chi connectivity index (χ3n) is 2.90. The van der Waals surface area contributed by atoms with Gasteiger partial charge in [-0.1, -0.05) is 28.9 Å². The zero-order valence-electron chi connectivity index (χ0n) is 12.0. The highest BCUT2D eigenvalue weighted by Gasteiger charge is 2.09. The fourth-order valence-electron chi connectivity index (χ4n) is 1.66. The summed E-state index contributed by atoms with van der Waals surface area (Å²) in [6.45, 7) is 2.52. The van der Waals surface area contributed by atoms with Gasteiger partial charge in [0.15, 0.2) is 5.82 Å². The average Bonchev–Trinajstić information content (AvgIpc) is 2.88. The Morgan fingerprint density at radius 2 is 2.14 bits per heavy atom. The highest BCUT2D eigenvalue weighted by molar-refractivity contribution is 6.32. The summed E-state index contributed by atoms with van der Waals surface area (Å²) in [7, 11) is 1.91. The number of ether oxygens (including phenoxy) is 1. The van der Waals surface area contributed by atoms with Crippen molar-refractivity contribution in [1.29, 1.82) is 0 Å². The molecule has 0 radical (unpaired) electrons. The predicted octanol–water partition coefficient (Wildman–Crippen LogP) is 2.92. The Hall–Kier alpha value is -1.30. The van der Waals surface area contributed by atoms with Crippen LogP contribution in [0.4, 0.5) is 0 Å². The van der Waals surface area contributed by atoms with Crippen LogP contribution in [0.5, 0.6) is 5.75 Å². The van der Waals surface area contributed by atoms with Crippen LogP contribution in [0.15, 0.2) is 28.8 Å². The zero-order valence-corrected chi connectivity index (χ0v) is 13.6. The summed E-state index contributed by atoms with van der Waals surface area (Å²) < 4.78 is 10.8. The quantitative estimate of drug-likeness (QED) is 0.845. The normalized spacial score (nSPS) is 11.8. The monoisotopic (exact) mass is 331 g/mol. The van der Waals surface area contributed by atoms with E-state index in [4.69, 9.17) is 20.9 Å². The molecule has 2 rings (SSSR count). The number of hydrogen-bond acceptors (Lipinski definition) is 5. The van der Waals surface area contributed by atoms with Crippen LogP contribution in [0, 0.1) is 0 Å². The van der Waals surface area contributed by atoms with Crippen molar-refractivity contribution in [3.63, 3.8) is 0 Å². The van der Waals surface area contributed by atoms with Crippen LogP contribution >= 0.6 is 24.0 Å². The molecular weight excluding hydrogens is 313 g/mol. The van der Waals surface area contributed by atoms with E-state index >= 15 is 0 Å². The first-order valence-corrected chi connectivity index (χ1v) is 6.93. The molecule has 116 valence electrons. The van der Waals surface area contributed by atoms with Crippen LogP contribution in [0.25, 0.3) is 0 Å². The minimum atomic E-state index is 0. The van der Waals surface area contributed by atoms with Gasteiger partial charge in [0.25, 0.3) is 0 Å². The molecule has 0 aliphatic carbocycles. The van der Waals surface area contributed by atoms with Crippen molar-refractivity contribution in [2.75, 3.05) is 13.7 Å². The molecule has 0 amide bonds. The molecular formula is C14H19Cl2N3O2. The van der Waals surface area contributed by atoms with Crippen LogP contribution < -0.4 is 10.1 Å². The maximum Gasteiger partial charge on any atom is 0.230 e. The Bertz CT molecular complexity index is 549. The molecule has 0 aliphatic rings. The number of likely N-dealkylation sites (N-methyl/N-ethyl adjacent to an activating group) is 1. The molecule has 1 heterocycles. The Morgan fingerprint density at radius 3 is 2.86 bits per heavy atom. The van der Waals surface area contributed by atoms with E-state index < -0.39 is 0 Å². The molecule has 21 heavy (non-hydrogen) atoms. The fourth-order valence-corrected chi connectivity index (χ4v) is 1.85. The average molecular weight is 332 g/mol. The van der Waals surface area contributed by atoms with E-state index in [-0.39, 0.29) is 12.4 Å². The van der Waals surface area contributed by atoms with Crippen molar-refractivity contribution >= 4 is 24.0 Å². The van der Waals surface area contributed by atoms with Gasteiger partial charge in [-0.25, -0.2) is 0 Å². The summed E-state index contributed by atoms with van der Waals surface area (Å²) >= 11 is 6.00. The van der Waals surface area contributed by atoms with Gasteiger partial charge in [-0.3, -0.25) is 0 Å². The summed E-state index contributed by atoms with van der Waals surface area (Å²) in [6, 6.07) is 7.68. The van der Waals surface area contributed by atoms with E-state index in [1.54, 1.807) is 6.07 Å². The van der Waals surface area contributed by atoms with Crippen molar-refractivity contribution in [3.8, 4) is 5.75 Å². The van der Waals surface area contributed by atoms with Gasteiger partial charge in [-0.15, -0.1) is 12.4 Å². The van der Waals surface area contributed by atoms with E-state index in [1.165, 1.54) is 0 Å².